The lowest BCUT2D eigenvalue weighted by atomic mass is 9.91. The first-order chi connectivity index (χ1) is 12.5. The van der Waals surface area contributed by atoms with Crippen LogP contribution in [0, 0.1) is 6.92 Å². The zero-order valence-electron chi connectivity index (χ0n) is 16.0. The topological polar surface area (TPSA) is 113 Å². The number of aryl methyl sites for hydroxylation is 1. The fourth-order valence-corrected chi connectivity index (χ4v) is 2.84. The van der Waals surface area contributed by atoms with Crippen molar-refractivity contribution in [2.24, 2.45) is 11.5 Å². The van der Waals surface area contributed by atoms with E-state index in [-0.39, 0.29) is 18.9 Å². The highest BCUT2D eigenvalue weighted by molar-refractivity contribution is 5.68. The zero-order chi connectivity index (χ0) is 20.2. The molecular formula is C19H25FN4O3. The number of alkyl halides is 1. The van der Waals surface area contributed by atoms with Crippen LogP contribution in [0.25, 0.3) is 11.3 Å². The summed E-state index contributed by atoms with van der Waals surface area (Å²) in [6, 6.07) is 6.83. The average molecular weight is 376 g/mol. The smallest absolute Gasteiger partial charge is 0.411 e. The number of carbonyl (C=O) groups is 1. The highest BCUT2D eigenvalue weighted by atomic mass is 19.1. The Balaban J connectivity index is 2.13. The number of amides is 1. The summed E-state index contributed by atoms with van der Waals surface area (Å²) >= 11 is 0. The Bertz CT molecular complexity index is 819. The third-order valence-electron chi connectivity index (χ3n) is 3.65. The first-order valence-corrected chi connectivity index (χ1v) is 8.47. The molecule has 146 valence electrons. The summed E-state index contributed by atoms with van der Waals surface area (Å²) in [4.78, 5) is 19.3. The van der Waals surface area contributed by atoms with Crippen molar-refractivity contribution in [3.8, 4) is 22.9 Å². The first kappa shape index (κ1) is 20.6. The molecule has 0 saturated heterocycles. The van der Waals surface area contributed by atoms with Gasteiger partial charge >= 0.3 is 6.09 Å². The molecule has 2 aromatic rings. The van der Waals surface area contributed by atoms with Crippen molar-refractivity contribution in [2.45, 2.75) is 45.3 Å². The molecule has 0 saturated carbocycles. The van der Waals surface area contributed by atoms with Crippen LogP contribution in [0.5, 0.6) is 11.6 Å². The van der Waals surface area contributed by atoms with Crippen LogP contribution in [0.1, 0.15) is 32.9 Å². The number of ether oxygens (including phenoxy) is 2. The molecule has 0 aromatic carbocycles. The molecule has 1 atom stereocenters. The van der Waals surface area contributed by atoms with Gasteiger partial charge in [0, 0.05) is 24.2 Å². The number of halogens is 1. The number of nitrogens with zero attached hydrogens (tertiary/aromatic N) is 2. The van der Waals surface area contributed by atoms with E-state index < -0.39 is 17.3 Å². The van der Waals surface area contributed by atoms with E-state index >= 15 is 0 Å². The van der Waals surface area contributed by atoms with E-state index in [1.165, 1.54) is 20.0 Å². The van der Waals surface area contributed by atoms with Crippen LogP contribution in [0.15, 0.2) is 30.5 Å². The molecule has 0 spiro atoms. The van der Waals surface area contributed by atoms with Crippen LogP contribution >= 0.6 is 0 Å². The van der Waals surface area contributed by atoms with Gasteiger partial charge in [-0.25, -0.2) is 19.2 Å². The lowest BCUT2D eigenvalue weighted by molar-refractivity contribution is 0.124. The monoisotopic (exact) mass is 376 g/mol. The third kappa shape index (κ3) is 6.49. The second-order valence-electron chi connectivity index (χ2n) is 7.42. The van der Waals surface area contributed by atoms with Crippen molar-refractivity contribution in [3.63, 3.8) is 0 Å². The largest absolute Gasteiger partial charge is 0.490 e. The first-order valence-electron chi connectivity index (χ1n) is 8.47. The van der Waals surface area contributed by atoms with E-state index in [2.05, 4.69) is 9.97 Å². The van der Waals surface area contributed by atoms with Gasteiger partial charge in [0.2, 0.25) is 5.88 Å². The van der Waals surface area contributed by atoms with E-state index in [1.807, 2.05) is 0 Å². The number of rotatable bonds is 7. The predicted molar refractivity (Wildman–Crippen MR) is 100 cm³/mol. The van der Waals surface area contributed by atoms with Gasteiger partial charge in [-0.3, -0.25) is 0 Å². The van der Waals surface area contributed by atoms with Gasteiger partial charge in [-0.1, -0.05) is 0 Å². The van der Waals surface area contributed by atoms with Crippen molar-refractivity contribution in [1.82, 2.24) is 9.97 Å². The lowest BCUT2D eigenvalue weighted by Gasteiger charge is -2.29. The summed E-state index contributed by atoms with van der Waals surface area (Å²) in [6.45, 7) is 6.69. The maximum atomic E-state index is 13.8. The molecule has 1 amide bonds. The van der Waals surface area contributed by atoms with Crippen molar-refractivity contribution in [1.29, 1.82) is 0 Å². The fourth-order valence-electron chi connectivity index (χ4n) is 2.84. The van der Waals surface area contributed by atoms with Crippen molar-refractivity contribution in [3.05, 3.63) is 36.2 Å². The number of aromatic nitrogens is 2. The van der Waals surface area contributed by atoms with Gasteiger partial charge in [-0.15, -0.1) is 0 Å². The molecule has 8 heteroatoms. The Kier molecular flexibility index (Phi) is 6.00. The molecule has 0 aliphatic carbocycles. The van der Waals surface area contributed by atoms with Crippen molar-refractivity contribution in [2.75, 3.05) is 6.61 Å². The molecule has 0 fully saturated rings. The molecule has 1 unspecified atom stereocenters. The third-order valence-corrected chi connectivity index (χ3v) is 3.65. The molecule has 0 radical (unpaired) electrons. The lowest BCUT2D eigenvalue weighted by Crippen LogP contribution is -2.46. The summed E-state index contributed by atoms with van der Waals surface area (Å²) < 4.78 is 24.4. The van der Waals surface area contributed by atoms with Gasteiger partial charge in [0.05, 0.1) is 16.9 Å². The molecule has 27 heavy (non-hydrogen) atoms. The quantitative estimate of drug-likeness (QED) is 0.767. The zero-order valence-corrected chi connectivity index (χ0v) is 16.0. The van der Waals surface area contributed by atoms with Crippen LogP contribution in [-0.2, 0) is 0 Å². The second-order valence-corrected chi connectivity index (χ2v) is 7.42. The Morgan fingerprint density at radius 3 is 2.56 bits per heavy atom. The summed E-state index contributed by atoms with van der Waals surface area (Å²) in [5, 5.41) is 0. The van der Waals surface area contributed by atoms with E-state index in [9.17, 15) is 9.18 Å². The molecular weight excluding hydrogens is 351 g/mol. The number of pyridine rings is 2. The molecule has 0 aliphatic heterocycles. The number of carbonyl (C=O) groups excluding carboxylic acids is 1. The van der Waals surface area contributed by atoms with Gasteiger partial charge in [0.25, 0.3) is 0 Å². The molecule has 2 aromatic heterocycles. The van der Waals surface area contributed by atoms with E-state index in [0.717, 1.165) is 0 Å². The average Bonchev–Trinajstić information content (AvgIpc) is 2.51. The summed E-state index contributed by atoms with van der Waals surface area (Å²) in [5.41, 5.74) is 10.9. The molecule has 7 nitrogen and oxygen atoms in total. The Morgan fingerprint density at radius 1 is 1.26 bits per heavy atom. The standard InChI is InChI=1S/C19H25FN4O3/c1-12-15(26-11-19(4,22)10-18(2,3)20)6-5-14(24-12)13-7-8-23-16(9-13)27-17(21)25/h5-9H,10-11,22H2,1-4H3,(H2,21,25). The minimum Gasteiger partial charge on any atom is -0.490 e. The Labute approximate surface area is 157 Å². The molecule has 4 N–H and O–H groups in total. The maximum absolute atomic E-state index is 13.8. The highest BCUT2D eigenvalue weighted by Crippen LogP contribution is 2.27. The number of primary amides is 1. The molecule has 2 heterocycles. The second kappa shape index (κ2) is 7.87. The fraction of sp³-hybridized carbons (Fsp3) is 0.421. The minimum absolute atomic E-state index is 0.0903. The summed E-state index contributed by atoms with van der Waals surface area (Å²) in [6.07, 6.45) is 0.728. The van der Waals surface area contributed by atoms with Crippen LogP contribution in [-0.4, -0.2) is 33.9 Å². The van der Waals surface area contributed by atoms with Crippen molar-refractivity contribution < 1.29 is 18.7 Å². The molecule has 2 rings (SSSR count). The van der Waals surface area contributed by atoms with Crippen LogP contribution in [0.4, 0.5) is 9.18 Å². The summed E-state index contributed by atoms with van der Waals surface area (Å²) in [7, 11) is 0. The van der Waals surface area contributed by atoms with Gasteiger partial charge in [-0.2, -0.15) is 0 Å². The van der Waals surface area contributed by atoms with Gasteiger partial charge < -0.3 is 20.9 Å². The van der Waals surface area contributed by atoms with Crippen LogP contribution in [0.3, 0.4) is 0 Å². The van der Waals surface area contributed by atoms with E-state index in [4.69, 9.17) is 20.9 Å². The maximum Gasteiger partial charge on any atom is 0.411 e. The molecule has 0 aliphatic rings. The van der Waals surface area contributed by atoms with E-state index in [0.29, 0.717) is 22.7 Å². The van der Waals surface area contributed by atoms with Gasteiger partial charge in [0.1, 0.15) is 18.0 Å². The van der Waals surface area contributed by atoms with Crippen LogP contribution < -0.4 is 20.9 Å². The SMILES string of the molecule is Cc1nc(-c2ccnc(OC(N)=O)c2)ccc1OCC(C)(N)CC(C)(C)F. The number of hydrogen-bond acceptors (Lipinski definition) is 6. The van der Waals surface area contributed by atoms with Gasteiger partial charge in [0.15, 0.2) is 0 Å². The number of nitrogens with two attached hydrogens (primary N) is 2. The van der Waals surface area contributed by atoms with Gasteiger partial charge in [-0.05, 0) is 45.9 Å². The normalized spacial score (nSPS) is 13.7. The highest BCUT2D eigenvalue weighted by Gasteiger charge is 2.30. The number of hydrogen-bond donors (Lipinski definition) is 2. The Morgan fingerprint density at radius 2 is 1.96 bits per heavy atom. The minimum atomic E-state index is -1.38. The summed E-state index contributed by atoms with van der Waals surface area (Å²) in [5.74, 6) is 0.655. The van der Waals surface area contributed by atoms with E-state index in [1.54, 1.807) is 38.1 Å². The van der Waals surface area contributed by atoms with Crippen LogP contribution in [0.2, 0.25) is 0 Å². The van der Waals surface area contributed by atoms with Crippen molar-refractivity contribution >= 4 is 6.09 Å². The molecule has 0 bridgehead atoms. The Hall–Kier alpha value is -2.74. The predicted octanol–water partition coefficient (Wildman–Crippen LogP) is 3.14.